The second-order valence-electron chi connectivity index (χ2n) is 6.84. The average molecular weight is 471 g/mol. The number of carboxylic acid groups (broad SMARTS) is 1. The molecule has 3 heterocycles. The van der Waals surface area contributed by atoms with Gasteiger partial charge in [0, 0.05) is 11.6 Å². The Kier molecular flexibility index (Phi) is 5.76. The van der Waals surface area contributed by atoms with Crippen LogP contribution in [-0.4, -0.2) is 41.0 Å². The summed E-state index contributed by atoms with van der Waals surface area (Å²) < 4.78 is 15.5. The van der Waals surface area contributed by atoms with Crippen molar-refractivity contribution in [3.05, 3.63) is 76.0 Å². The summed E-state index contributed by atoms with van der Waals surface area (Å²) in [7, 11) is 1.21. The van der Waals surface area contributed by atoms with Crippen LogP contribution in [0.25, 0.3) is 17.4 Å². The number of ether oxygens (including phenoxy) is 1. The van der Waals surface area contributed by atoms with Gasteiger partial charge in [0.2, 0.25) is 5.76 Å². The van der Waals surface area contributed by atoms with E-state index in [9.17, 15) is 19.2 Å². The fourth-order valence-corrected chi connectivity index (χ4v) is 3.38. The highest BCUT2D eigenvalue weighted by atomic mass is 35.5. The Morgan fingerprint density at radius 2 is 1.94 bits per heavy atom. The summed E-state index contributed by atoms with van der Waals surface area (Å²) in [6.07, 6.45) is 1.36. The van der Waals surface area contributed by atoms with Crippen LogP contribution in [-0.2, 0) is 16.1 Å². The van der Waals surface area contributed by atoms with Crippen LogP contribution in [0.1, 0.15) is 32.4 Å². The van der Waals surface area contributed by atoms with Crippen molar-refractivity contribution < 1.29 is 37.9 Å². The molecule has 0 unspecified atom stereocenters. The lowest BCUT2D eigenvalue weighted by Crippen LogP contribution is -2.30. The van der Waals surface area contributed by atoms with Gasteiger partial charge in [-0.3, -0.25) is 9.69 Å². The first kappa shape index (κ1) is 21.9. The molecule has 0 spiro atoms. The van der Waals surface area contributed by atoms with Crippen LogP contribution in [0.2, 0.25) is 5.02 Å². The van der Waals surface area contributed by atoms with Crippen LogP contribution >= 0.6 is 11.6 Å². The summed E-state index contributed by atoms with van der Waals surface area (Å²) >= 11 is 6.00. The van der Waals surface area contributed by atoms with Crippen LogP contribution in [0.15, 0.2) is 57.0 Å². The smallest absolute Gasteiger partial charge is 0.373 e. The highest BCUT2D eigenvalue weighted by molar-refractivity contribution is 6.33. The molecule has 3 amide bonds. The molecular weight excluding hydrogens is 456 g/mol. The molecule has 0 aliphatic carbocycles. The van der Waals surface area contributed by atoms with Gasteiger partial charge in [-0.25, -0.2) is 14.4 Å². The minimum Gasteiger partial charge on any atom is -0.478 e. The maximum atomic E-state index is 12.7. The number of esters is 1. The van der Waals surface area contributed by atoms with Crippen molar-refractivity contribution in [1.29, 1.82) is 0 Å². The van der Waals surface area contributed by atoms with E-state index in [1.165, 1.54) is 37.5 Å². The van der Waals surface area contributed by atoms with Crippen molar-refractivity contribution in [2.75, 3.05) is 7.11 Å². The minimum absolute atomic E-state index is 0.0140. The van der Waals surface area contributed by atoms with E-state index >= 15 is 0 Å². The predicted octanol–water partition coefficient (Wildman–Crippen LogP) is 3.77. The number of carboxylic acids is 1. The van der Waals surface area contributed by atoms with Crippen LogP contribution in [0.4, 0.5) is 4.79 Å². The van der Waals surface area contributed by atoms with Crippen molar-refractivity contribution in [3.63, 3.8) is 0 Å². The van der Waals surface area contributed by atoms with Crippen LogP contribution < -0.4 is 5.32 Å². The molecule has 1 saturated heterocycles. The number of furan rings is 2. The lowest BCUT2D eigenvalue weighted by atomic mass is 10.1. The first-order chi connectivity index (χ1) is 15.8. The summed E-state index contributed by atoms with van der Waals surface area (Å²) in [4.78, 5) is 48.4. The molecule has 2 aromatic heterocycles. The van der Waals surface area contributed by atoms with Gasteiger partial charge in [-0.1, -0.05) is 17.7 Å². The Morgan fingerprint density at radius 3 is 2.64 bits per heavy atom. The Balaban J connectivity index is 1.51. The normalized spacial score (nSPS) is 14.6. The lowest BCUT2D eigenvalue weighted by molar-refractivity contribution is -0.123. The number of carbonyl (C=O) groups is 4. The van der Waals surface area contributed by atoms with Crippen molar-refractivity contribution in [3.8, 4) is 11.3 Å². The number of halogens is 1. The van der Waals surface area contributed by atoms with Gasteiger partial charge < -0.3 is 24.0 Å². The van der Waals surface area contributed by atoms with Crippen LogP contribution in [0, 0.1) is 0 Å². The molecule has 1 aliphatic rings. The molecule has 0 bridgehead atoms. The van der Waals surface area contributed by atoms with E-state index in [1.54, 1.807) is 18.2 Å². The third-order valence-electron chi connectivity index (χ3n) is 4.72. The number of hydrogen-bond acceptors (Lipinski definition) is 7. The predicted molar refractivity (Wildman–Crippen MR) is 113 cm³/mol. The highest BCUT2D eigenvalue weighted by Crippen LogP contribution is 2.28. The number of rotatable bonds is 6. The van der Waals surface area contributed by atoms with E-state index in [0.29, 0.717) is 11.3 Å². The van der Waals surface area contributed by atoms with Gasteiger partial charge in [-0.2, -0.15) is 0 Å². The first-order valence-corrected chi connectivity index (χ1v) is 9.79. The van der Waals surface area contributed by atoms with E-state index in [0.717, 1.165) is 4.90 Å². The zero-order chi connectivity index (χ0) is 23.7. The zero-order valence-electron chi connectivity index (χ0n) is 17.0. The fourth-order valence-electron chi connectivity index (χ4n) is 3.11. The number of amides is 3. The summed E-state index contributed by atoms with van der Waals surface area (Å²) in [6.45, 7) is -0.184. The second kappa shape index (κ2) is 8.67. The molecular formula is C22H15ClN2O8. The van der Waals surface area contributed by atoms with Gasteiger partial charge in [0.1, 0.15) is 23.0 Å². The Bertz CT molecular complexity index is 1320. The monoisotopic (exact) mass is 470 g/mol. The average Bonchev–Trinajstić information content (AvgIpc) is 3.50. The summed E-state index contributed by atoms with van der Waals surface area (Å²) in [6, 6.07) is 9.75. The highest BCUT2D eigenvalue weighted by Gasteiger charge is 2.34. The maximum Gasteiger partial charge on any atom is 0.373 e. The quantitative estimate of drug-likeness (QED) is 0.315. The van der Waals surface area contributed by atoms with Crippen molar-refractivity contribution in [2.45, 2.75) is 6.54 Å². The molecule has 2 N–H and O–H groups in total. The van der Waals surface area contributed by atoms with Gasteiger partial charge in [0.05, 0.1) is 24.2 Å². The fraction of sp³-hybridized carbons (Fsp3) is 0.0909. The van der Waals surface area contributed by atoms with E-state index in [-0.39, 0.29) is 40.1 Å². The van der Waals surface area contributed by atoms with Crippen molar-refractivity contribution >= 4 is 41.6 Å². The maximum absolute atomic E-state index is 12.7. The number of nitrogens with one attached hydrogen (secondary N) is 1. The molecule has 0 saturated carbocycles. The molecule has 168 valence electrons. The molecule has 11 heteroatoms. The first-order valence-electron chi connectivity index (χ1n) is 9.41. The van der Waals surface area contributed by atoms with Gasteiger partial charge in [-0.15, -0.1) is 0 Å². The van der Waals surface area contributed by atoms with Gasteiger partial charge in [-0.05, 0) is 36.4 Å². The molecule has 4 rings (SSSR count). The van der Waals surface area contributed by atoms with Gasteiger partial charge in [0.15, 0.2) is 0 Å². The summed E-state index contributed by atoms with van der Waals surface area (Å²) in [5, 5.41) is 11.6. The van der Waals surface area contributed by atoms with E-state index < -0.39 is 23.9 Å². The third-order valence-corrected chi connectivity index (χ3v) is 5.03. The molecule has 1 fully saturated rings. The molecule has 1 aliphatic heterocycles. The number of imide groups is 1. The Labute approximate surface area is 191 Å². The number of carbonyl (C=O) groups excluding carboxylic acids is 3. The van der Waals surface area contributed by atoms with Crippen molar-refractivity contribution in [2.24, 2.45) is 0 Å². The zero-order valence-corrected chi connectivity index (χ0v) is 17.7. The third kappa shape index (κ3) is 4.37. The van der Waals surface area contributed by atoms with Gasteiger partial charge >= 0.3 is 18.0 Å². The topological polar surface area (TPSA) is 139 Å². The van der Waals surface area contributed by atoms with E-state index in [1.807, 2.05) is 0 Å². The largest absolute Gasteiger partial charge is 0.478 e. The van der Waals surface area contributed by atoms with Crippen LogP contribution in [0.5, 0.6) is 0 Å². The number of urea groups is 1. The second-order valence-corrected chi connectivity index (χ2v) is 7.25. The van der Waals surface area contributed by atoms with Crippen molar-refractivity contribution in [1.82, 2.24) is 10.2 Å². The molecule has 3 aromatic rings. The lowest BCUT2D eigenvalue weighted by Gasteiger charge is -2.09. The number of aromatic carboxylic acids is 1. The Morgan fingerprint density at radius 1 is 1.15 bits per heavy atom. The van der Waals surface area contributed by atoms with Gasteiger partial charge in [0.25, 0.3) is 5.91 Å². The summed E-state index contributed by atoms with van der Waals surface area (Å²) in [5.41, 5.74) is 0.487. The van der Waals surface area contributed by atoms with Crippen LogP contribution in [0.3, 0.4) is 0 Å². The summed E-state index contributed by atoms with van der Waals surface area (Å²) in [5.74, 6) is -1.58. The Hall–Kier alpha value is -4.31. The minimum atomic E-state index is -1.15. The van der Waals surface area contributed by atoms with E-state index in [2.05, 4.69) is 10.1 Å². The van der Waals surface area contributed by atoms with E-state index in [4.69, 9.17) is 25.5 Å². The molecule has 33 heavy (non-hydrogen) atoms. The molecule has 0 radical (unpaired) electrons. The molecule has 1 aromatic carbocycles. The molecule has 0 atom stereocenters. The standard InChI is InChI=1S/C22H15ClN2O8/c1-31-21(29)18-7-4-13(33-18)10-25-19(26)16(24-22(25)30)9-12-3-6-17(32-12)11-2-5-14(20(27)28)15(23)8-11/h2-9H,10H2,1H3,(H,24,30)(H,27,28). The number of nitrogens with zero attached hydrogens (tertiary/aromatic N) is 1. The number of hydrogen-bond donors (Lipinski definition) is 2. The SMILES string of the molecule is COC(=O)c1ccc(CN2C(=O)NC(=Cc3ccc(-c4ccc(C(=O)O)c(Cl)c4)o3)C2=O)o1. The molecule has 10 nitrogen and oxygen atoms in total. The number of benzene rings is 1. The number of methoxy groups -OCH3 is 1.